The number of likely N-dealkylation sites (tertiary alicyclic amines) is 1. The number of oxazole rings is 1. The number of aromatic nitrogens is 1. The highest BCUT2D eigenvalue weighted by Gasteiger charge is 2.28. The Labute approximate surface area is 187 Å². The quantitative estimate of drug-likeness (QED) is 0.559. The SMILES string of the molecule is N#CCCN(C(=O)CCC(=O)N1CCCC(c2nc3ccccc3o2)C1)c1ccccc1. The van der Waals surface area contributed by atoms with Crippen molar-refractivity contribution in [2.45, 2.75) is 38.0 Å². The Morgan fingerprint density at radius 1 is 1.12 bits per heavy atom. The molecule has 32 heavy (non-hydrogen) atoms. The highest BCUT2D eigenvalue weighted by molar-refractivity contribution is 5.95. The van der Waals surface area contributed by atoms with Gasteiger partial charge >= 0.3 is 0 Å². The molecule has 0 N–H and O–H groups in total. The molecule has 1 fully saturated rings. The lowest BCUT2D eigenvalue weighted by atomic mass is 9.97. The summed E-state index contributed by atoms with van der Waals surface area (Å²) < 4.78 is 5.92. The van der Waals surface area contributed by atoms with E-state index in [-0.39, 0.29) is 37.0 Å². The van der Waals surface area contributed by atoms with Crippen LogP contribution in [-0.4, -0.2) is 41.3 Å². The van der Waals surface area contributed by atoms with Crippen molar-refractivity contribution in [1.29, 1.82) is 5.26 Å². The predicted molar refractivity (Wildman–Crippen MR) is 121 cm³/mol. The van der Waals surface area contributed by atoms with Gasteiger partial charge in [0, 0.05) is 38.2 Å². The predicted octanol–water partition coefficient (Wildman–Crippen LogP) is 4.26. The molecule has 1 aliphatic heterocycles. The summed E-state index contributed by atoms with van der Waals surface area (Å²) in [6.07, 6.45) is 2.30. The summed E-state index contributed by atoms with van der Waals surface area (Å²) in [7, 11) is 0. The van der Waals surface area contributed by atoms with E-state index in [1.807, 2.05) is 59.5 Å². The first-order valence-corrected chi connectivity index (χ1v) is 11.0. The van der Waals surface area contributed by atoms with Crippen molar-refractivity contribution in [3.63, 3.8) is 0 Å². The maximum atomic E-state index is 12.9. The molecule has 1 saturated heterocycles. The number of piperidine rings is 1. The lowest BCUT2D eigenvalue weighted by molar-refractivity contribution is -0.134. The minimum absolute atomic E-state index is 0.0348. The second-order valence-corrected chi connectivity index (χ2v) is 7.99. The summed E-state index contributed by atoms with van der Waals surface area (Å²) in [6.45, 7) is 1.55. The van der Waals surface area contributed by atoms with Gasteiger partial charge < -0.3 is 14.2 Å². The van der Waals surface area contributed by atoms with Crippen molar-refractivity contribution in [1.82, 2.24) is 9.88 Å². The topological polar surface area (TPSA) is 90.4 Å². The first kappa shape index (κ1) is 21.6. The van der Waals surface area contributed by atoms with E-state index in [0.29, 0.717) is 25.5 Å². The van der Waals surface area contributed by atoms with Crippen LogP contribution in [0, 0.1) is 11.3 Å². The Bertz CT molecular complexity index is 1090. The molecule has 0 bridgehead atoms. The first-order valence-electron chi connectivity index (χ1n) is 11.0. The number of hydrogen-bond acceptors (Lipinski definition) is 5. The Kier molecular flexibility index (Phi) is 6.81. The van der Waals surface area contributed by atoms with Crippen molar-refractivity contribution in [3.8, 4) is 6.07 Å². The smallest absolute Gasteiger partial charge is 0.227 e. The maximum Gasteiger partial charge on any atom is 0.227 e. The molecule has 2 amide bonds. The monoisotopic (exact) mass is 430 g/mol. The number of amides is 2. The van der Waals surface area contributed by atoms with Crippen molar-refractivity contribution < 1.29 is 14.0 Å². The molecule has 3 aromatic rings. The van der Waals surface area contributed by atoms with Crippen molar-refractivity contribution in [2.75, 3.05) is 24.5 Å². The van der Waals surface area contributed by atoms with Gasteiger partial charge in [-0.1, -0.05) is 30.3 Å². The Balaban J connectivity index is 1.36. The van der Waals surface area contributed by atoms with Crippen LogP contribution in [-0.2, 0) is 9.59 Å². The van der Waals surface area contributed by atoms with E-state index in [0.717, 1.165) is 29.6 Å². The molecule has 164 valence electrons. The summed E-state index contributed by atoms with van der Waals surface area (Å²) >= 11 is 0. The van der Waals surface area contributed by atoms with Gasteiger partial charge in [-0.3, -0.25) is 9.59 Å². The molecular weight excluding hydrogens is 404 g/mol. The number of carbonyl (C=O) groups excluding carboxylic acids is 2. The molecular formula is C25H26N4O3. The standard InChI is InChI=1S/C25H26N4O3/c26-15-7-17-29(20-9-2-1-3-10-20)24(31)14-13-23(30)28-16-6-8-19(18-28)25-27-21-11-4-5-12-22(21)32-25/h1-5,9-12,19H,6-8,13-14,16-18H2. The van der Waals surface area contributed by atoms with Crippen LogP contribution < -0.4 is 4.90 Å². The van der Waals surface area contributed by atoms with E-state index in [1.54, 1.807) is 4.90 Å². The van der Waals surface area contributed by atoms with Gasteiger partial charge in [-0.25, -0.2) is 4.98 Å². The normalized spacial score (nSPS) is 16.0. The van der Waals surface area contributed by atoms with Crippen molar-refractivity contribution in [3.05, 3.63) is 60.5 Å². The van der Waals surface area contributed by atoms with E-state index < -0.39 is 0 Å². The van der Waals surface area contributed by atoms with Crippen LogP contribution in [0.25, 0.3) is 11.1 Å². The van der Waals surface area contributed by atoms with Gasteiger partial charge in [0.2, 0.25) is 11.8 Å². The average molecular weight is 431 g/mol. The second kappa shape index (κ2) is 10.1. The fourth-order valence-corrected chi connectivity index (χ4v) is 4.14. The van der Waals surface area contributed by atoms with Crippen LogP contribution in [0.5, 0.6) is 0 Å². The Morgan fingerprint density at radius 3 is 2.69 bits per heavy atom. The zero-order valence-electron chi connectivity index (χ0n) is 17.9. The van der Waals surface area contributed by atoms with Crippen LogP contribution in [0.15, 0.2) is 59.0 Å². The van der Waals surface area contributed by atoms with Gasteiger partial charge in [0.1, 0.15) is 5.52 Å². The molecule has 4 rings (SSSR count). The van der Waals surface area contributed by atoms with E-state index in [1.165, 1.54) is 0 Å². The van der Waals surface area contributed by atoms with Crippen LogP contribution in [0.4, 0.5) is 5.69 Å². The third kappa shape index (κ3) is 4.97. The summed E-state index contributed by atoms with van der Waals surface area (Å²) in [4.78, 5) is 33.7. The maximum absolute atomic E-state index is 12.9. The third-order valence-corrected chi connectivity index (χ3v) is 5.80. The zero-order chi connectivity index (χ0) is 22.3. The number of para-hydroxylation sites is 3. The largest absolute Gasteiger partial charge is 0.440 e. The Morgan fingerprint density at radius 2 is 1.91 bits per heavy atom. The number of hydrogen-bond donors (Lipinski definition) is 0. The summed E-state index contributed by atoms with van der Waals surface area (Å²) in [5.41, 5.74) is 2.33. The molecule has 1 aliphatic rings. The van der Waals surface area contributed by atoms with Crippen LogP contribution >= 0.6 is 0 Å². The van der Waals surface area contributed by atoms with Crippen LogP contribution in [0.3, 0.4) is 0 Å². The summed E-state index contributed by atoms with van der Waals surface area (Å²) in [5, 5.41) is 8.94. The minimum atomic E-state index is -0.146. The lowest BCUT2D eigenvalue weighted by Gasteiger charge is -2.31. The van der Waals surface area contributed by atoms with Gasteiger partial charge in [0.05, 0.1) is 18.4 Å². The number of rotatable bonds is 7. The van der Waals surface area contributed by atoms with Gasteiger partial charge in [-0.15, -0.1) is 0 Å². The van der Waals surface area contributed by atoms with Crippen LogP contribution in [0.1, 0.15) is 43.9 Å². The highest BCUT2D eigenvalue weighted by Crippen LogP contribution is 2.29. The molecule has 2 heterocycles. The number of benzene rings is 2. The lowest BCUT2D eigenvalue weighted by Crippen LogP contribution is -2.40. The van der Waals surface area contributed by atoms with E-state index in [9.17, 15) is 9.59 Å². The van der Waals surface area contributed by atoms with Gasteiger partial charge in [0.15, 0.2) is 11.5 Å². The van der Waals surface area contributed by atoms with E-state index >= 15 is 0 Å². The molecule has 1 aromatic heterocycles. The van der Waals surface area contributed by atoms with Crippen molar-refractivity contribution >= 4 is 28.6 Å². The number of nitriles is 1. The summed E-state index contributed by atoms with van der Waals surface area (Å²) in [6, 6.07) is 19.0. The first-order chi connectivity index (χ1) is 15.7. The molecule has 0 saturated carbocycles. The van der Waals surface area contributed by atoms with E-state index in [2.05, 4.69) is 11.1 Å². The number of fused-ring (bicyclic) bond motifs is 1. The van der Waals surface area contributed by atoms with Crippen LogP contribution in [0.2, 0.25) is 0 Å². The van der Waals surface area contributed by atoms with Crippen molar-refractivity contribution in [2.24, 2.45) is 0 Å². The van der Waals surface area contributed by atoms with E-state index in [4.69, 9.17) is 9.68 Å². The number of nitrogens with zero attached hydrogens (tertiary/aromatic N) is 4. The minimum Gasteiger partial charge on any atom is -0.440 e. The fraction of sp³-hybridized carbons (Fsp3) is 0.360. The Hall–Kier alpha value is -3.66. The van der Waals surface area contributed by atoms with Gasteiger partial charge in [0.25, 0.3) is 0 Å². The molecule has 0 aliphatic carbocycles. The molecule has 1 atom stereocenters. The highest BCUT2D eigenvalue weighted by atomic mass is 16.3. The molecule has 1 unspecified atom stereocenters. The van der Waals surface area contributed by atoms with Gasteiger partial charge in [-0.2, -0.15) is 5.26 Å². The summed E-state index contributed by atoms with van der Waals surface area (Å²) in [5.74, 6) is 0.554. The number of anilines is 1. The molecule has 0 spiro atoms. The zero-order valence-corrected chi connectivity index (χ0v) is 17.9. The number of carbonyl (C=O) groups is 2. The average Bonchev–Trinajstić information content (AvgIpc) is 3.28. The molecule has 0 radical (unpaired) electrons. The third-order valence-electron chi connectivity index (χ3n) is 5.80. The molecule has 7 nitrogen and oxygen atoms in total. The second-order valence-electron chi connectivity index (χ2n) is 7.99. The van der Waals surface area contributed by atoms with Gasteiger partial charge in [-0.05, 0) is 37.1 Å². The molecule has 2 aromatic carbocycles. The fourth-order valence-electron chi connectivity index (χ4n) is 4.14. The molecule has 7 heteroatoms.